The Kier molecular flexibility index (Phi) is 9.50. The maximum absolute atomic E-state index is 15.1. The van der Waals surface area contributed by atoms with E-state index in [0.29, 0.717) is 31.0 Å². The molecule has 1 N–H and O–H groups in total. The summed E-state index contributed by atoms with van der Waals surface area (Å²) < 4.78 is 66.1. The predicted molar refractivity (Wildman–Crippen MR) is 159 cm³/mol. The van der Waals surface area contributed by atoms with Crippen LogP contribution in [0.25, 0.3) is 5.57 Å². The van der Waals surface area contributed by atoms with Crippen LogP contribution in [0.15, 0.2) is 42.0 Å². The van der Waals surface area contributed by atoms with Crippen molar-refractivity contribution in [1.29, 1.82) is 0 Å². The van der Waals surface area contributed by atoms with Crippen molar-refractivity contribution in [3.05, 3.63) is 65.0 Å². The number of allylic oxidation sites excluding steroid dienone is 4. The summed E-state index contributed by atoms with van der Waals surface area (Å²) in [6.07, 6.45) is -0.581. The maximum Gasteiger partial charge on any atom is 0.320 e. The van der Waals surface area contributed by atoms with E-state index in [4.69, 9.17) is 9.72 Å². The van der Waals surface area contributed by atoms with Crippen LogP contribution in [0.4, 0.5) is 22.4 Å². The van der Waals surface area contributed by atoms with Gasteiger partial charge in [-0.2, -0.15) is 5.10 Å². The van der Waals surface area contributed by atoms with Crippen LogP contribution < -0.4 is 5.32 Å². The number of rotatable bonds is 7. The van der Waals surface area contributed by atoms with E-state index in [1.165, 1.54) is 16.8 Å². The Morgan fingerprint density at radius 3 is 2.50 bits per heavy atom. The summed E-state index contributed by atoms with van der Waals surface area (Å²) in [6.45, 7) is 11.1. The van der Waals surface area contributed by atoms with Crippen LogP contribution in [0.1, 0.15) is 70.7 Å². The Labute approximate surface area is 256 Å². The monoisotopic (exact) mass is 618 g/mol. The molecule has 5 atom stereocenters. The lowest BCUT2D eigenvalue weighted by Crippen LogP contribution is -2.56. The molecule has 0 radical (unpaired) electrons. The number of hydrogen-bond acceptors (Lipinski definition) is 5. The standard InChI is InChI=1S/C32H42F4N6O2/c1-19-15-40(16-20(2)44-19)31(43)41(18-22-13-37-14-27(22)36)28(32(3,4)5)30-38-29(25-12-24(34)9-10-26(25)35)39-42(30)17-21-7-6-8-23(33)11-21/h6-8,11-12,19-20,22,27-28,37H,9-10,13-18H2,1-5H3/t19-,20+,22-,27-,28-/m0/s1. The highest BCUT2D eigenvalue weighted by Crippen LogP contribution is 2.41. The number of carbonyl (C=O) groups excluding carboxylic acids is 1. The molecular formula is C32H42F4N6O2. The number of ether oxygens (including phenoxy) is 1. The zero-order valence-corrected chi connectivity index (χ0v) is 26.0. The Balaban J connectivity index is 1.64. The highest BCUT2D eigenvalue weighted by atomic mass is 19.1. The first-order valence-electron chi connectivity index (χ1n) is 15.3. The van der Waals surface area contributed by atoms with Gasteiger partial charge >= 0.3 is 6.03 Å². The maximum atomic E-state index is 15.1. The smallest absolute Gasteiger partial charge is 0.320 e. The fourth-order valence-corrected chi connectivity index (χ4v) is 6.39. The summed E-state index contributed by atoms with van der Waals surface area (Å²) in [6, 6.07) is 4.97. The lowest BCUT2D eigenvalue weighted by molar-refractivity contribution is -0.0620. The molecule has 2 fully saturated rings. The molecular weight excluding hydrogens is 576 g/mol. The molecule has 240 valence electrons. The Bertz CT molecular complexity index is 1410. The molecule has 0 saturated carbocycles. The third-order valence-electron chi connectivity index (χ3n) is 8.34. The fourth-order valence-electron chi connectivity index (χ4n) is 6.39. The largest absolute Gasteiger partial charge is 0.372 e. The van der Waals surface area contributed by atoms with Crippen molar-refractivity contribution >= 4 is 11.6 Å². The van der Waals surface area contributed by atoms with Crippen molar-refractivity contribution in [2.75, 3.05) is 32.7 Å². The number of alkyl halides is 1. The Hall–Kier alpha value is -3.25. The quantitative estimate of drug-likeness (QED) is 0.387. The summed E-state index contributed by atoms with van der Waals surface area (Å²) in [5.74, 6) is -1.61. The van der Waals surface area contributed by atoms with Gasteiger partial charge in [0, 0.05) is 51.5 Å². The molecule has 1 aliphatic carbocycles. The molecule has 0 bridgehead atoms. The molecule has 12 heteroatoms. The van der Waals surface area contributed by atoms with Crippen LogP contribution in [0.2, 0.25) is 0 Å². The number of morpholine rings is 1. The van der Waals surface area contributed by atoms with Crippen molar-refractivity contribution in [2.24, 2.45) is 11.3 Å². The lowest BCUT2D eigenvalue weighted by Gasteiger charge is -2.45. The van der Waals surface area contributed by atoms with Gasteiger partial charge in [-0.25, -0.2) is 32.0 Å². The molecule has 8 nitrogen and oxygen atoms in total. The van der Waals surface area contributed by atoms with Gasteiger partial charge in [-0.15, -0.1) is 0 Å². The summed E-state index contributed by atoms with van der Waals surface area (Å²) in [5, 5.41) is 7.70. The molecule has 2 amide bonds. The summed E-state index contributed by atoms with van der Waals surface area (Å²) >= 11 is 0. The van der Waals surface area contributed by atoms with Gasteiger partial charge in [0.15, 0.2) is 11.6 Å². The second kappa shape index (κ2) is 13.0. The van der Waals surface area contributed by atoms with E-state index >= 15 is 8.78 Å². The van der Waals surface area contributed by atoms with Crippen LogP contribution in [0, 0.1) is 17.2 Å². The van der Waals surface area contributed by atoms with E-state index in [-0.39, 0.29) is 62.1 Å². The summed E-state index contributed by atoms with van der Waals surface area (Å²) in [4.78, 5) is 22.6. The molecule has 2 aliphatic heterocycles. The number of nitrogens with one attached hydrogen (secondary N) is 1. The van der Waals surface area contributed by atoms with Gasteiger partial charge in [0.25, 0.3) is 0 Å². The molecule has 1 aromatic carbocycles. The van der Waals surface area contributed by atoms with Crippen molar-refractivity contribution in [3.63, 3.8) is 0 Å². The van der Waals surface area contributed by atoms with Crippen LogP contribution in [-0.4, -0.2) is 81.7 Å². The molecule has 0 unspecified atom stereocenters. The van der Waals surface area contributed by atoms with E-state index in [2.05, 4.69) is 10.4 Å². The van der Waals surface area contributed by atoms with Gasteiger partial charge in [-0.05, 0) is 43.0 Å². The van der Waals surface area contributed by atoms with Crippen LogP contribution in [-0.2, 0) is 11.3 Å². The molecule has 3 aliphatic rings. The van der Waals surface area contributed by atoms with Crippen LogP contribution in [0.3, 0.4) is 0 Å². The minimum atomic E-state index is -1.15. The highest BCUT2D eigenvalue weighted by molar-refractivity contribution is 5.76. The zero-order valence-electron chi connectivity index (χ0n) is 26.0. The Morgan fingerprint density at radius 2 is 1.86 bits per heavy atom. The minimum Gasteiger partial charge on any atom is -0.372 e. The van der Waals surface area contributed by atoms with Crippen LogP contribution >= 0.6 is 0 Å². The number of benzene rings is 1. The zero-order chi connectivity index (χ0) is 31.8. The van der Waals surface area contributed by atoms with E-state index in [9.17, 15) is 13.6 Å². The third kappa shape index (κ3) is 7.17. The first-order chi connectivity index (χ1) is 20.8. The van der Waals surface area contributed by atoms with E-state index < -0.39 is 41.0 Å². The van der Waals surface area contributed by atoms with Gasteiger partial charge in [0.2, 0.25) is 0 Å². The first kappa shape index (κ1) is 32.2. The van der Waals surface area contributed by atoms with E-state index in [1.54, 1.807) is 21.9 Å². The van der Waals surface area contributed by atoms with Gasteiger partial charge in [0.05, 0.1) is 30.4 Å². The number of nitrogens with zero attached hydrogens (tertiary/aromatic N) is 5. The molecule has 1 aromatic heterocycles. The number of urea groups is 1. The fraction of sp³-hybridized carbons (Fsp3) is 0.594. The Morgan fingerprint density at radius 1 is 1.14 bits per heavy atom. The normalized spacial score (nSPS) is 25.3. The minimum absolute atomic E-state index is 0.0232. The van der Waals surface area contributed by atoms with Gasteiger partial charge in [0.1, 0.15) is 23.6 Å². The molecule has 2 aromatic rings. The van der Waals surface area contributed by atoms with Gasteiger partial charge in [-0.3, -0.25) is 0 Å². The second-order valence-electron chi connectivity index (χ2n) is 13.3. The van der Waals surface area contributed by atoms with Crippen molar-refractivity contribution in [1.82, 2.24) is 29.9 Å². The second-order valence-corrected chi connectivity index (χ2v) is 13.3. The molecule has 3 heterocycles. The van der Waals surface area contributed by atoms with Crippen molar-refractivity contribution in [2.45, 2.75) is 78.4 Å². The number of halogens is 4. The van der Waals surface area contributed by atoms with Crippen LogP contribution in [0.5, 0.6) is 0 Å². The van der Waals surface area contributed by atoms with Crippen molar-refractivity contribution < 1.29 is 27.1 Å². The first-order valence-corrected chi connectivity index (χ1v) is 15.3. The number of amides is 2. The van der Waals surface area contributed by atoms with E-state index in [0.717, 1.165) is 6.08 Å². The van der Waals surface area contributed by atoms with Gasteiger partial charge < -0.3 is 19.9 Å². The van der Waals surface area contributed by atoms with E-state index in [1.807, 2.05) is 34.6 Å². The number of hydrogen-bond donors (Lipinski definition) is 1. The topological polar surface area (TPSA) is 75.5 Å². The molecule has 2 saturated heterocycles. The number of aromatic nitrogens is 3. The average molecular weight is 619 g/mol. The molecule has 0 spiro atoms. The van der Waals surface area contributed by atoms with Crippen molar-refractivity contribution in [3.8, 4) is 0 Å². The highest BCUT2D eigenvalue weighted by Gasteiger charge is 2.44. The SMILES string of the molecule is C[C@@H]1CN(C(=O)N(C[C@@H]2CNC[C@@H]2F)[C@@H](c2nc(C3=C(F)CCC(F)=C3)nn2Cc2cccc(F)c2)C(C)(C)C)C[C@H](C)O1. The lowest BCUT2D eigenvalue weighted by atomic mass is 9.84. The third-order valence-corrected chi connectivity index (χ3v) is 8.34. The summed E-state index contributed by atoms with van der Waals surface area (Å²) in [7, 11) is 0. The summed E-state index contributed by atoms with van der Waals surface area (Å²) in [5.41, 5.74) is -0.146. The predicted octanol–water partition coefficient (Wildman–Crippen LogP) is 5.97. The molecule has 5 rings (SSSR count). The average Bonchev–Trinajstić information content (AvgIpc) is 3.53. The van der Waals surface area contributed by atoms with Gasteiger partial charge in [-0.1, -0.05) is 32.9 Å². The molecule has 44 heavy (non-hydrogen) atoms. The number of carbonyl (C=O) groups is 1.